The Bertz CT molecular complexity index is 657. The Morgan fingerprint density at radius 1 is 1.43 bits per heavy atom. The number of nitro groups is 1. The van der Waals surface area contributed by atoms with E-state index in [4.69, 9.17) is 0 Å². The van der Waals surface area contributed by atoms with Crippen molar-refractivity contribution in [2.24, 2.45) is 0 Å². The minimum atomic E-state index is -3.74. The second kappa shape index (κ2) is 6.53. The van der Waals surface area contributed by atoms with Gasteiger partial charge in [0.25, 0.3) is 0 Å². The van der Waals surface area contributed by atoms with Gasteiger partial charge in [-0.05, 0) is 19.1 Å². The summed E-state index contributed by atoms with van der Waals surface area (Å²) >= 11 is 0. The molecule has 1 rings (SSSR count). The van der Waals surface area contributed by atoms with Crippen LogP contribution in [0.15, 0.2) is 23.1 Å². The summed E-state index contributed by atoms with van der Waals surface area (Å²) in [4.78, 5) is 23.1. The lowest BCUT2D eigenvalue weighted by Gasteiger charge is -2.15. The monoisotopic (exact) mass is 315 g/mol. The Labute approximate surface area is 122 Å². The number of likely N-dealkylation sites (N-methyl/N-ethyl adjacent to an activating group) is 1. The number of sulfone groups is 1. The maximum absolute atomic E-state index is 11.7. The van der Waals surface area contributed by atoms with E-state index in [1.165, 1.54) is 23.1 Å². The molecule has 21 heavy (non-hydrogen) atoms. The van der Waals surface area contributed by atoms with Gasteiger partial charge in [-0.25, -0.2) is 8.42 Å². The van der Waals surface area contributed by atoms with Crippen LogP contribution in [0.4, 0.5) is 11.4 Å². The predicted octanol–water partition coefficient (Wildman–Crippen LogP) is 0.889. The number of hydrogen-bond acceptors (Lipinski definition) is 6. The first-order valence-corrected chi connectivity index (χ1v) is 8.03. The molecular weight excluding hydrogens is 298 g/mol. The van der Waals surface area contributed by atoms with Gasteiger partial charge in [0, 0.05) is 19.8 Å². The third-order valence-corrected chi connectivity index (χ3v) is 4.04. The van der Waals surface area contributed by atoms with Gasteiger partial charge in [-0.1, -0.05) is 6.07 Å². The number of anilines is 1. The van der Waals surface area contributed by atoms with Crippen molar-refractivity contribution in [1.29, 1.82) is 0 Å². The number of nitro benzene ring substituents is 1. The maximum Gasteiger partial charge on any atom is 0.310 e. The van der Waals surface area contributed by atoms with Crippen molar-refractivity contribution in [3.8, 4) is 0 Å². The van der Waals surface area contributed by atoms with E-state index in [1.807, 2.05) is 0 Å². The van der Waals surface area contributed by atoms with Crippen LogP contribution in [-0.2, 0) is 14.6 Å². The van der Waals surface area contributed by atoms with Crippen LogP contribution in [-0.4, -0.2) is 50.5 Å². The SMILES string of the molecule is CCN(C)C(=O)CNc1cccc(S(C)(=O)=O)c1[N+](=O)[O-]. The summed E-state index contributed by atoms with van der Waals surface area (Å²) in [7, 11) is -2.14. The summed E-state index contributed by atoms with van der Waals surface area (Å²) in [6, 6.07) is 3.92. The predicted molar refractivity (Wildman–Crippen MR) is 78.0 cm³/mol. The molecule has 0 aliphatic carbocycles. The number of para-hydroxylation sites is 1. The average molecular weight is 315 g/mol. The Hall–Kier alpha value is -2.16. The minimum absolute atomic E-state index is 0.000720. The van der Waals surface area contributed by atoms with Gasteiger partial charge >= 0.3 is 5.69 Å². The van der Waals surface area contributed by atoms with Gasteiger partial charge in [-0.3, -0.25) is 14.9 Å². The van der Waals surface area contributed by atoms with E-state index in [9.17, 15) is 23.3 Å². The molecule has 0 aliphatic rings. The van der Waals surface area contributed by atoms with Crippen LogP contribution in [0, 0.1) is 10.1 Å². The third-order valence-electron chi connectivity index (χ3n) is 2.91. The van der Waals surface area contributed by atoms with Crippen molar-refractivity contribution in [1.82, 2.24) is 4.90 Å². The van der Waals surface area contributed by atoms with E-state index >= 15 is 0 Å². The first kappa shape index (κ1) is 16.9. The quantitative estimate of drug-likeness (QED) is 0.616. The Morgan fingerprint density at radius 2 is 2.05 bits per heavy atom. The largest absolute Gasteiger partial charge is 0.371 e. The third kappa shape index (κ3) is 4.15. The average Bonchev–Trinajstić information content (AvgIpc) is 2.42. The van der Waals surface area contributed by atoms with Gasteiger partial charge in [0.1, 0.15) is 10.6 Å². The molecule has 0 atom stereocenters. The van der Waals surface area contributed by atoms with E-state index in [0.29, 0.717) is 6.54 Å². The number of carbonyl (C=O) groups excluding carboxylic acids is 1. The van der Waals surface area contributed by atoms with Crippen molar-refractivity contribution >= 4 is 27.1 Å². The molecule has 8 nitrogen and oxygen atoms in total. The van der Waals surface area contributed by atoms with Crippen LogP contribution in [0.2, 0.25) is 0 Å². The second-order valence-electron chi connectivity index (χ2n) is 4.44. The van der Waals surface area contributed by atoms with Crippen molar-refractivity contribution in [2.75, 3.05) is 31.7 Å². The lowest BCUT2D eigenvalue weighted by Crippen LogP contribution is -2.32. The molecule has 9 heteroatoms. The highest BCUT2D eigenvalue weighted by atomic mass is 32.2. The highest BCUT2D eigenvalue weighted by Gasteiger charge is 2.26. The highest BCUT2D eigenvalue weighted by Crippen LogP contribution is 2.31. The van der Waals surface area contributed by atoms with Gasteiger partial charge in [-0.2, -0.15) is 0 Å². The van der Waals surface area contributed by atoms with Crippen molar-refractivity contribution in [3.63, 3.8) is 0 Å². The molecule has 1 aromatic carbocycles. The van der Waals surface area contributed by atoms with Crippen molar-refractivity contribution in [2.45, 2.75) is 11.8 Å². The molecule has 1 N–H and O–H groups in total. The van der Waals surface area contributed by atoms with E-state index in [1.54, 1.807) is 14.0 Å². The van der Waals surface area contributed by atoms with Gasteiger partial charge in [-0.15, -0.1) is 0 Å². The van der Waals surface area contributed by atoms with E-state index < -0.39 is 20.4 Å². The minimum Gasteiger partial charge on any atom is -0.371 e. The number of benzene rings is 1. The number of carbonyl (C=O) groups is 1. The number of rotatable bonds is 6. The summed E-state index contributed by atoms with van der Waals surface area (Å²) in [6.07, 6.45) is 0.898. The summed E-state index contributed by atoms with van der Waals surface area (Å²) in [5.41, 5.74) is -0.548. The van der Waals surface area contributed by atoms with Gasteiger partial charge in [0.2, 0.25) is 5.91 Å². The molecule has 0 heterocycles. The molecule has 0 aliphatic heterocycles. The van der Waals surface area contributed by atoms with Crippen LogP contribution in [0.3, 0.4) is 0 Å². The smallest absolute Gasteiger partial charge is 0.310 e. The summed E-state index contributed by atoms with van der Waals surface area (Å²) in [5.74, 6) is -0.253. The number of hydrogen-bond donors (Lipinski definition) is 1. The lowest BCUT2D eigenvalue weighted by atomic mass is 10.2. The summed E-state index contributed by atoms with van der Waals surface area (Å²) < 4.78 is 23.2. The van der Waals surface area contributed by atoms with Crippen LogP contribution < -0.4 is 5.32 Å². The molecule has 0 saturated carbocycles. The topological polar surface area (TPSA) is 110 Å². The molecule has 0 unspecified atom stereocenters. The molecule has 0 spiro atoms. The number of nitrogens with zero attached hydrogens (tertiary/aromatic N) is 2. The number of nitrogens with one attached hydrogen (secondary N) is 1. The molecule has 0 aromatic heterocycles. The zero-order valence-corrected chi connectivity index (χ0v) is 12.8. The first-order chi connectivity index (χ1) is 9.68. The van der Waals surface area contributed by atoms with E-state index in [-0.39, 0.29) is 23.0 Å². The Kier molecular flexibility index (Phi) is 5.25. The van der Waals surface area contributed by atoms with Crippen molar-refractivity contribution in [3.05, 3.63) is 28.3 Å². The zero-order valence-electron chi connectivity index (χ0n) is 12.0. The molecule has 0 saturated heterocycles. The maximum atomic E-state index is 11.7. The van der Waals surface area contributed by atoms with E-state index in [2.05, 4.69) is 5.32 Å². The highest BCUT2D eigenvalue weighted by molar-refractivity contribution is 7.90. The second-order valence-corrected chi connectivity index (χ2v) is 6.43. The number of amides is 1. The standard InChI is InChI=1S/C12H17N3O5S/c1-4-14(2)11(16)8-13-9-6-5-7-10(21(3,19)20)12(9)15(17)18/h5-7,13H,4,8H2,1-3H3. The van der Waals surface area contributed by atoms with Gasteiger partial charge in [0.15, 0.2) is 9.84 Å². The Morgan fingerprint density at radius 3 is 2.52 bits per heavy atom. The summed E-state index contributed by atoms with van der Waals surface area (Å²) in [6.45, 7) is 2.15. The van der Waals surface area contributed by atoms with E-state index in [0.717, 1.165) is 6.26 Å². The van der Waals surface area contributed by atoms with Crippen LogP contribution in [0.5, 0.6) is 0 Å². The molecule has 1 aromatic rings. The van der Waals surface area contributed by atoms with Gasteiger partial charge < -0.3 is 10.2 Å². The zero-order chi connectivity index (χ0) is 16.2. The molecule has 0 fully saturated rings. The Balaban J connectivity index is 3.14. The van der Waals surface area contributed by atoms with Crippen molar-refractivity contribution < 1.29 is 18.1 Å². The van der Waals surface area contributed by atoms with Crippen LogP contribution >= 0.6 is 0 Å². The molecule has 116 valence electrons. The summed E-state index contributed by atoms with van der Waals surface area (Å²) in [5, 5.41) is 13.8. The molecular formula is C12H17N3O5S. The fourth-order valence-corrected chi connectivity index (χ4v) is 2.50. The fourth-order valence-electron chi connectivity index (χ4n) is 1.63. The normalized spacial score (nSPS) is 11.0. The molecule has 0 radical (unpaired) electrons. The fraction of sp³-hybridized carbons (Fsp3) is 0.417. The molecule has 0 bridgehead atoms. The first-order valence-electron chi connectivity index (χ1n) is 6.13. The molecule has 1 amide bonds. The van der Waals surface area contributed by atoms with Crippen LogP contribution in [0.1, 0.15) is 6.92 Å². The lowest BCUT2D eigenvalue weighted by molar-refractivity contribution is -0.386. The van der Waals surface area contributed by atoms with Gasteiger partial charge in [0.05, 0.1) is 11.5 Å². The van der Waals surface area contributed by atoms with Crippen LogP contribution in [0.25, 0.3) is 0 Å².